The van der Waals surface area contributed by atoms with Crippen LogP contribution in [0.2, 0.25) is 0 Å². The van der Waals surface area contributed by atoms with Crippen LogP contribution in [0.15, 0.2) is 36.4 Å². The van der Waals surface area contributed by atoms with E-state index >= 15 is 0 Å². The standard InChI is InChI=1S/C36H50O8/c1-10-13-26-22-27(14-11-2)32(42-24-44-34(39)36(7,8)9)29(31(26)40-21-12-3)19-20-30(37)25-15-17-28(18-16-25)41-23-43-33(38)35(4,5)6/h15-20,22H,10-14,21,23-24H2,1-9H3. The van der Waals surface area contributed by atoms with Gasteiger partial charge in [-0.15, -0.1) is 0 Å². The Balaban J connectivity index is 2.40. The van der Waals surface area contributed by atoms with E-state index in [9.17, 15) is 14.4 Å². The molecule has 0 unspecified atom stereocenters. The summed E-state index contributed by atoms with van der Waals surface area (Å²) >= 11 is 0. The van der Waals surface area contributed by atoms with Crippen LogP contribution in [0.25, 0.3) is 6.08 Å². The highest BCUT2D eigenvalue weighted by Crippen LogP contribution is 2.39. The van der Waals surface area contributed by atoms with Gasteiger partial charge in [0.2, 0.25) is 13.6 Å². The van der Waals surface area contributed by atoms with Gasteiger partial charge in [-0.05, 0) is 114 Å². The van der Waals surface area contributed by atoms with Gasteiger partial charge in [0.25, 0.3) is 0 Å². The largest absolute Gasteiger partial charge is 0.493 e. The average molecular weight is 611 g/mol. The van der Waals surface area contributed by atoms with Crippen LogP contribution in [-0.2, 0) is 31.9 Å². The predicted molar refractivity (Wildman–Crippen MR) is 172 cm³/mol. The minimum atomic E-state index is -0.664. The first kappa shape index (κ1) is 36.4. The quantitative estimate of drug-likeness (QED) is 0.0813. The van der Waals surface area contributed by atoms with Crippen molar-refractivity contribution in [2.75, 3.05) is 20.2 Å². The summed E-state index contributed by atoms with van der Waals surface area (Å²) in [6, 6.07) is 8.72. The number of esters is 2. The topological polar surface area (TPSA) is 97.4 Å². The van der Waals surface area contributed by atoms with Crippen LogP contribution in [-0.4, -0.2) is 37.9 Å². The van der Waals surface area contributed by atoms with Gasteiger partial charge in [0.1, 0.15) is 17.2 Å². The molecule has 0 spiro atoms. The second kappa shape index (κ2) is 16.9. The Morgan fingerprint density at radius 2 is 1.18 bits per heavy atom. The van der Waals surface area contributed by atoms with Crippen molar-refractivity contribution in [3.8, 4) is 17.2 Å². The summed E-state index contributed by atoms with van der Waals surface area (Å²) < 4.78 is 28.5. The summed E-state index contributed by atoms with van der Waals surface area (Å²) in [7, 11) is 0. The van der Waals surface area contributed by atoms with Gasteiger partial charge in [-0.25, -0.2) is 0 Å². The average Bonchev–Trinajstić information content (AvgIpc) is 2.95. The molecule has 0 bridgehead atoms. The Morgan fingerprint density at radius 1 is 0.682 bits per heavy atom. The smallest absolute Gasteiger partial charge is 0.314 e. The maximum absolute atomic E-state index is 13.3. The van der Waals surface area contributed by atoms with Crippen LogP contribution in [0.4, 0.5) is 0 Å². The zero-order chi connectivity index (χ0) is 32.9. The van der Waals surface area contributed by atoms with E-state index in [0.717, 1.165) is 43.2 Å². The Labute approximate surface area is 263 Å². The Morgan fingerprint density at radius 3 is 1.66 bits per heavy atom. The maximum atomic E-state index is 13.3. The van der Waals surface area contributed by atoms with Gasteiger partial charge in [-0.2, -0.15) is 0 Å². The number of carbonyl (C=O) groups excluding carboxylic acids is 3. The molecular weight excluding hydrogens is 560 g/mol. The van der Waals surface area contributed by atoms with Gasteiger partial charge < -0.3 is 23.7 Å². The lowest BCUT2D eigenvalue weighted by atomic mass is 9.96. The van der Waals surface area contributed by atoms with Gasteiger partial charge in [0.05, 0.1) is 23.0 Å². The van der Waals surface area contributed by atoms with Gasteiger partial charge in [0, 0.05) is 5.56 Å². The number of carbonyl (C=O) groups is 3. The molecule has 0 aromatic heterocycles. The summed E-state index contributed by atoms with van der Waals surface area (Å²) in [5.74, 6) is 0.726. The molecule has 2 aromatic carbocycles. The molecule has 0 aliphatic rings. The van der Waals surface area contributed by atoms with Crippen LogP contribution in [0.5, 0.6) is 17.2 Å². The number of ketones is 1. The Kier molecular flexibility index (Phi) is 14.0. The molecule has 242 valence electrons. The van der Waals surface area contributed by atoms with Crippen LogP contribution in [0.3, 0.4) is 0 Å². The first-order valence-corrected chi connectivity index (χ1v) is 15.5. The molecule has 2 rings (SSSR count). The monoisotopic (exact) mass is 610 g/mol. The van der Waals surface area contributed by atoms with E-state index in [0.29, 0.717) is 35.0 Å². The van der Waals surface area contributed by atoms with Crippen LogP contribution in [0, 0.1) is 10.8 Å². The first-order chi connectivity index (χ1) is 20.7. The lowest BCUT2D eigenvalue weighted by Crippen LogP contribution is -2.25. The third kappa shape index (κ3) is 11.0. The Hall–Kier alpha value is -3.81. The van der Waals surface area contributed by atoms with Crippen LogP contribution < -0.4 is 14.2 Å². The fraction of sp³-hybridized carbons (Fsp3) is 0.528. The number of aryl methyl sites for hydroxylation is 2. The summed E-state index contributed by atoms with van der Waals surface area (Å²) in [4.78, 5) is 37.6. The number of ether oxygens (including phenoxy) is 5. The van der Waals surface area contributed by atoms with Crippen molar-refractivity contribution >= 4 is 23.8 Å². The molecular formula is C36H50O8. The van der Waals surface area contributed by atoms with E-state index in [1.165, 1.54) is 6.08 Å². The molecule has 0 atom stereocenters. The second-order valence-corrected chi connectivity index (χ2v) is 12.7. The number of hydrogen-bond donors (Lipinski definition) is 0. The molecule has 0 saturated heterocycles. The van der Waals surface area contributed by atoms with E-state index in [-0.39, 0.29) is 31.3 Å². The van der Waals surface area contributed by atoms with E-state index in [4.69, 9.17) is 23.7 Å². The maximum Gasteiger partial charge on any atom is 0.314 e. The third-order valence-electron chi connectivity index (χ3n) is 6.48. The van der Waals surface area contributed by atoms with Gasteiger partial charge >= 0.3 is 11.9 Å². The van der Waals surface area contributed by atoms with Crippen LogP contribution in [0.1, 0.15) is 109 Å². The minimum Gasteiger partial charge on any atom is -0.493 e. The van der Waals surface area contributed by atoms with Gasteiger partial charge in [-0.3, -0.25) is 14.4 Å². The van der Waals surface area contributed by atoms with Crippen molar-refractivity contribution in [1.29, 1.82) is 0 Å². The van der Waals surface area contributed by atoms with Crippen molar-refractivity contribution in [3.05, 3.63) is 58.7 Å². The second-order valence-electron chi connectivity index (χ2n) is 12.7. The molecule has 2 aromatic rings. The molecule has 0 amide bonds. The minimum absolute atomic E-state index is 0.216. The molecule has 8 heteroatoms. The SMILES string of the molecule is CCCOc1c(CCC)cc(CCC)c(OCOC(=O)C(C)(C)C)c1C=CC(=O)c1ccc(OCOC(=O)C(C)(C)C)cc1. The fourth-order valence-corrected chi connectivity index (χ4v) is 4.09. The third-order valence-corrected chi connectivity index (χ3v) is 6.48. The highest BCUT2D eigenvalue weighted by molar-refractivity contribution is 6.07. The molecule has 44 heavy (non-hydrogen) atoms. The zero-order valence-electron chi connectivity index (χ0n) is 28.0. The summed E-state index contributed by atoms with van der Waals surface area (Å²) in [6.07, 6.45) is 7.38. The lowest BCUT2D eigenvalue weighted by molar-refractivity contribution is -0.160. The number of benzene rings is 2. The van der Waals surface area contributed by atoms with Crippen molar-refractivity contribution in [2.45, 2.75) is 94.4 Å². The van der Waals surface area contributed by atoms with Crippen LogP contribution >= 0.6 is 0 Å². The molecule has 0 saturated carbocycles. The molecule has 0 fully saturated rings. The molecule has 8 nitrogen and oxygen atoms in total. The first-order valence-electron chi connectivity index (χ1n) is 15.5. The highest BCUT2D eigenvalue weighted by Gasteiger charge is 2.25. The van der Waals surface area contributed by atoms with Crippen molar-refractivity contribution in [2.24, 2.45) is 10.8 Å². The van der Waals surface area contributed by atoms with Gasteiger partial charge in [0.15, 0.2) is 5.78 Å². The van der Waals surface area contributed by atoms with Crippen molar-refractivity contribution in [3.63, 3.8) is 0 Å². The zero-order valence-corrected chi connectivity index (χ0v) is 28.0. The van der Waals surface area contributed by atoms with Crippen molar-refractivity contribution in [1.82, 2.24) is 0 Å². The van der Waals surface area contributed by atoms with E-state index in [1.54, 1.807) is 71.9 Å². The molecule has 0 radical (unpaired) electrons. The summed E-state index contributed by atoms with van der Waals surface area (Å²) in [6.45, 7) is 16.9. The normalized spacial score (nSPS) is 11.8. The molecule has 0 heterocycles. The fourth-order valence-electron chi connectivity index (χ4n) is 4.09. The predicted octanol–water partition coefficient (Wildman–Crippen LogP) is 8.13. The molecule has 0 aliphatic heterocycles. The number of rotatable bonds is 16. The number of hydrogen-bond acceptors (Lipinski definition) is 8. The number of allylic oxidation sites excluding steroid dienone is 1. The van der Waals surface area contributed by atoms with E-state index in [2.05, 4.69) is 19.9 Å². The highest BCUT2D eigenvalue weighted by atomic mass is 16.7. The molecule has 0 N–H and O–H groups in total. The van der Waals surface area contributed by atoms with E-state index in [1.807, 2.05) is 6.92 Å². The van der Waals surface area contributed by atoms with Crippen molar-refractivity contribution < 1.29 is 38.1 Å². The lowest BCUT2D eigenvalue weighted by Gasteiger charge is -2.22. The Bertz CT molecular complexity index is 1280. The summed E-state index contributed by atoms with van der Waals surface area (Å²) in [5, 5.41) is 0. The molecule has 0 aliphatic carbocycles. The van der Waals surface area contributed by atoms with Gasteiger partial charge in [-0.1, -0.05) is 33.6 Å². The van der Waals surface area contributed by atoms with E-state index < -0.39 is 10.8 Å². The summed E-state index contributed by atoms with van der Waals surface area (Å²) in [5.41, 5.74) is 1.83.